The van der Waals surface area contributed by atoms with E-state index in [1.807, 2.05) is 0 Å². The third-order valence-electron chi connectivity index (χ3n) is 3.83. The molecule has 1 aliphatic heterocycles. The molecule has 1 aliphatic rings. The van der Waals surface area contributed by atoms with E-state index in [0.717, 1.165) is 11.3 Å². The van der Waals surface area contributed by atoms with Crippen molar-refractivity contribution in [3.05, 3.63) is 27.1 Å². The fourth-order valence-electron chi connectivity index (χ4n) is 2.54. The largest absolute Gasteiger partial charge is 0.479 e. The molecule has 9 heteroatoms. The van der Waals surface area contributed by atoms with Crippen LogP contribution in [0.5, 0.6) is 0 Å². The number of carbonyl (C=O) groups is 2. The summed E-state index contributed by atoms with van der Waals surface area (Å²) in [5.41, 5.74) is 0.384. The van der Waals surface area contributed by atoms with Crippen LogP contribution in [0.4, 0.5) is 0 Å². The van der Waals surface area contributed by atoms with Crippen LogP contribution in [-0.2, 0) is 16.6 Å². The van der Waals surface area contributed by atoms with Gasteiger partial charge in [0.15, 0.2) is 6.10 Å². The van der Waals surface area contributed by atoms with Crippen LogP contribution in [0, 0.1) is 6.92 Å². The SMILES string of the molecule is Cc1c(C(=O)N2CCO[C@H](C(=O)O)C2)sc2ncn(C)c(=O)c12. The highest BCUT2D eigenvalue weighted by molar-refractivity contribution is 7.20. The summed E-state index contributed by atoms with van der Waals surface area (Å²) in [6.45, 7) is 2.20. The quantitative estimate of drug-likeness (QED) is 0.842. The number of hydrogen-bond acceptors (Lipinski definition) is 6. The number of aryl methyl sites for hydroxylation is 2. The smallest absolute Gasteiger partial charge is 0.334 e. The van der Waals surface area contributed by atoms with Gasteiger partial charge in [-0.1, -0.05) is 0 Å². The second-order valence-electron chi connectivity index (χ2n) is 5.35. The third kappa shape index (κ3) is 2.62. The molecule has 0 spiro atoms. The van der Waals surface area contributed by atoms with Gasteiger partial charge in [-0.05, 0) is 12.5 Å². The van der Waals surface area contributed by atoms with Crippen LogP contribution < -0.4 is 5.56 Å². The first-order chi connectivity index (χ1) is 10.9. The summed E-state index contributed by atoms with van der Waals surface area (Å²) in [5, 5.41) is 9.47. The molecule has 2 aromatic heterocycles. The number of rotatable bonds is 2. The Kier molecular flexibility index (Phi) is 3.90. The molecule has 1 atom stereocenters. The van der Waals surface area contributed by atoms with Gasteiger partial charge in [0.05, 0.1) is 29.7 Å². The van der Waals surface area contributed by atoms with E-state index in [1.165, 1.54) is 15.8 Å². The number of aromatic nitrogens is 2. The number of thiophene rings is 1. The van der Waals surface area contributed by atoms with Gasteiger partial charge in [0, 0.05) is 13.6 Å². The minimum Gasteiger partial charge on any atom is -0.479 e. The summed E-state index contributed by atoms with van der Waals surface area (Å²) in [6, 6.07) is 0. The lowest BCUT2D eigenvalue weighted by atomic mass is 10.2. The van der Waals surface area contributed by atoms with Gasteiger partial charge in [-0.3, -0.25) is 9.59 Å². The highest BCUT2D eigenvalue weighted by atomic mass is 32.1. The number of fused-ring (bicyclic) bond motifs is 1. The van der Waals surface area contributed by atoms with Gasteiger partial charge < -0.3 is 19.3 Å². The number of nitrogens with zero attached hydrogens (tertiary/aromatic N) is 3. The normalized spacial score (nSPS) is 18.3. The summed E-state index contributed by atoms with van der Waals surface area (Å²) in [4.78, 5) is 42.5. The summed E-state index contributed by atoms with van der Waals surface area (Å²) < 4.78 is 6.49. The minimum absolute atomic E-state index is 0.00666. The molecule has 0 unspecified atom stereocenters. The number of hydrogen-bond donors (Lipinski definition) is 1. The number of amides is 1. The predicted molar refractivity (Wildman–Crippen MR) is 82.9 cm³/mol. The number of carboxylic acid groups (broad SMARTS) is 1. The lowest BCUT2D eigenvalue weighted by molar-refractivity contribution is -0.154. The molecular formula is C14H15N3O5S. The zero-order valence-electron chi connectivity index (χ0n) is 12.6. The van der Waals surface area contributed by atoms with Crippen molar-refractivity contribution >= 4 is 33.4 Å². The highest BCUT2D eigenvalue weighted by Crippen LogP contribution is 2.28. The minimum atomic E-state index is -1.09. The van der Waals surface area contributed by atoms with Gasteiger partial charge in [0.25, 0.3) is 11.5 Å². The molecule has 3 heterocycles. The second-order valence-corrected chi connectivity index (χ2v) is 6.34. The Bertz CT molecular complexity index is 856. The number of carboxylic acids is 1. The molecule has 23 heavy (non-hydrogen) atoms. The van der Waals surface area contributed by atoms with E-state index in [0.29, 0.717) is 27.2 Å². The van der Waals surface area contributed by atoms with Crippen molar-refractivity contribution in [1.29, 1.82) is 0 Å². The molecule has 8 nitrogen and oxygen atoms in total. The van der Waals surface area contributed by atoms with E-state index >= 15 is 0 Å². The van der Waals surface area contributed by atoms with Crippen molar-refractivity contribution in [2.75, 3.05) is 19.7 Å². The maximum Gasteiger partial charge on any atom is 0.334 e. The molecule has 0 radical (unpaired) electrons. The van der Waals surface area contributed by atoms with Gasteiger partial charge in [-0.2, -0.15) is 0 Å². The summed E-state index contributed by atoms with van der Waals surface area (Å²) >= 11 is 1.15. The highest BCUT2D eigenvalue weighted by Gasteiger charge is 2.31. The third-order valence-corrected chi connectivity index (χ3v) is 5.02. The Labute approximate surface area is 134 Å². The van der Waals surface area contributed by atoms with E-state index in [4.69, 9.17) is 9.84 Å². The Morgan fingerprint density at radius 1 is 1.48 bits per heavy atom. The lowest BCUT2D eigenvalue weighted by Gasteiger charge is -2.30. The maximum absolute atomic E-state index is 12.7. The molecule has 3 rings (SSSR count). The van der Waals surface area contributed by atoms with E-state index in [1.54, 1.807) is 14.0 Å². The van der Waals surface area contributed by atoms with Crippen molar-refractivity contribution in [3.8, 4) is 0 Å². The van der Waals surface area contributed by atoms with Crippen LogP contribution in [0.2, 0.25) is 0 Å². The van der Waals surface area contributed by atoms with Gasteiger partial charge in [0.1, 0.15) is 4.83 Å². The molecule has 0 bridgehead atoms. The van der Waals surface area contributed by atoms with Crippen molar-refractivity contribution < 1.29 is 19.4 Å². The summed E-state index contributed by atoms with van der Waals surface area (Å²) in [5.74, 6) is -1.38. The van der Waals surface area contributed by atoms with Crippen LogP contribution in [0.1, 0.15) is 15.2 Å². The molecule has 122 valence electrons. The topological polar surface area (TPSA) is 102 Å². The van der Waals surface area contributed by atoms with Crippen LogP contribution in [0.3, 0.4) is 0 Å². The van der Waals surface area contributed by atoms with E-state index in [-0.39, 0.29) is 24.6 Å². The molecular weight excluding hydrogens is 322 g/mol. The van der Waals surface area contributed by atoms with E-state index < -0.39 is 12.1 Å². The van der Waals surface area contributed by atoms with Gasteiger partial charge in [-0.15, -0.1) is 11.3 Å². The molecule has 0 aromatic carbocycles. The molecule has 2 aromatic rings. The van der Waals surface area contributed by atoms with Crippen molar-refractivity contribution in [3.63, 3.8) is 0 Å². The fraction of sp³-hybridized carbons (Fsp3) is 0.429. The summed E-state index contributed by atoms with van der Waals surface area (Å²) in [7, 11) is 1.60. The number of aliphatic carboxylic acids is 1. The predicted octanol–water partition coefficient (Wildman–Crippen LogP) is 0.229. The second kappa shape index (κ2) is 5.74. The zero-order valence-corrected chi connectivity index (χ0v) is 13.4. The van der Waals surface area contributed by atoms with Crippen molar-refractivity contribution in [2.24, 2.45) is 7.05 Å². The Morgan fingerprint density at radius 3 is 2.91 bits per heavy atom. The van der Waals surface area contributed by atoms with Gasteiger partial charge in [0.2, 0.25) is 0 Å². The first-order valence-electron chi connectivity index (χ1n) is 6.98. The fourth-order valence-corrected chi connectivity index (χ4v) is 3.65. The van der Waals surface area contributed by atoms with Crippen LogP contribution in [-0.4, -0.2) is 57.2 Å². The lowest BCUT2D eigenvalue weighted by Crippen LogP contribution is -2.48. The first kappa shape index (κ1) is 15.6. The standard InChI is InChI=1S/C14H15N3O5S/c1-7-9-11(15-6-16(2)12(9)18)23-10(7)13(19)17-3-4-22-8(5-17)14(20)21/h6,8H,3-5H2,1-2H3,(H,20,21)/t8-/m0/s1. The average molecular weight is 337 g/mol. The first-order valence-corrected chi connectivity index (χ1v) is 7.80. The average Bonchev–Trinajstić information content (AvgIpc) is 2.88. The molecule has 1 amide bonds. The van der Waals surface area contributed by atoms with Crippen LogP contribution in [0.25, 0.3) is 10.2 Å². The number of morpholine rings is 1. The van der Waals surface area contributed by atoms with E-state index in [9.17, 15) is 14.4 Å². The van der Waals surface area contributed by atoms with E-state index in [2.05, 4.69) is 4.98 Å². The molecule has 1 N–H and O–H groups in total. The molecule has 0 saturated carbocycles. The van der Waals surface area contributed by atoms with Crippen LogP contribution >= 0.6 is 11.3 Å². The van der Waals surface area contributed by atoms with Crippen LogP contribution in [0.15, 0.2) is 11.1 Å². The molecule has 1 saturated heterocycles. The van der Waals surface area contributed by atoms with Gasteiger partial charge >= 0.3 is 5.97 Å². The van der Waals surface area contributed by atoms with Gasteiger partial charge in [-0.25, -0.2) is 9.78 Å². The molecule has 0 aliphatic carbocycles. The Hall–Kier alpha value is -2.26. The monoisotopic (exact) mass is 337 g/mol. The Morgan fingerprint density at radius 2 is 2.22 bits per heavy atom. The Balaban J connectivity index is 1.98. The maximum atomic E-state index is 12.7. The van der Waals surface area contributed by atoms with Crippen molar-refractivity contribution in [2.45, 2.75) is 13.0 Å². The zero-order chi connectivity index (χ0) is 16.7. The van der Waals surface area contributed by atoms with Crippen molar-refractivity contribution in [1.82, 2.24) is 14.5 Å². The molecule has 1 fully saturated rings. The number of ether oxygens (including phenoxy) is 1. The summed E-state index contributed by atoms with van der Waals surface area (Å²) in [6.07, 6.45) is 0.401. The number of carbonyl (C=O) groups excluding carboxylic acids is 1.